The lowest BCUT2D eigenvalue weighted by molar-refractivity contribution is -0.132. The van der Waals surface area contributed by atoms with Crippen molar-refractivity contribution in [1.29, 1.82) is 0 Å². The maximum atomic E-state index is 11.0. The quantitative estimate of drug-likeness (QED) is 0.786. The Kier molecular flexibility index (Phi) is 3.10. The standard InChI is InChI=1S/C12H15NO3/c13-12(15)11-7-9(5-6-16-11)8-1-3-10(14)4-2-8/h1-4,9,11,14H,5-7H2,(H2,13,15)/t9-,11-/m1/s1. The molecule has 0 spiro atoms. The molecule has 1 aromatic carbocycles. The molecule has 1 saturated heterocycles. The zero-order valence-corrected chi connectivity index (χ0v) is 8.93. The molecule has 0 bridgehead atoms. The van der Waals surface area contributed by atoms with Crippen LogP contribution in [0.5, 0.6) is 5.75 Å². The summed E-state index contributed by atoms with van der Waals surface area (Å²) in [6.07, 6.45) is 1.03. The SMILES string of the molecule is NC(=O)[C@H]1C[C@H](c2ccc(O)cc2)CCO1. The Hall–Kier alpha value is -1.55. The molecule has 0 aromatic heterocycles. The number of carbonyl (C=O) groups is 1. The van der Waals surface area contributed by atoms with Gasteiger partial charge in [-0.05, 0) is 36.5 Å². The molecule has 0 radical (unpaired) electrons. The first-order valence-corrected chi connectivity index (χ1v) is 5.36. The van der Waals surface area contributed by atoms with Crippen molar-refractivity contribution in [2.24, 2.45) is 5.73 Å². The molecule has 1 heterocycles. The number of aromatic hydroxyl groups is 1. The number of phenolic OH excluding ortho intramolecular Hbond substituents is 1. The fourth-order valence-electron chi connectivity index (χ4n) is 2.04. The van der Waals surface area contributed by atoms with Crippen LogP contribution in [0.4, 0.5) is 0 Å². The van der Waals surface area contributed by atoms with Gasteiger partial charge in [0.2, 0.25) is 5.91 Å². The van der Waals surface area contributed by atoms with Crippen molar-refractivity contribution in [3.63, 3.8) is 0 Å². The Balaban J connectivity index is 2.09. The van der Waals surface area contributed by atoms with Crippen LogP contribution < -0.4 is 5.73 Å². The minimum Gasteiger partial charge on any atom is -0.508 e. The van der Waals surface area contributed by atoms with E-state index in [0.29, 0.717) is 13.0 Å². The van der Waals surface area contributed by atoms with Crippen LogP contribution in [0, 0.1) is 0 Å². The van der Waals surface area contributed by atoms with Crippen LogP contribution in [-0.4, -0.2) is 23.7 Å². The molecule has 0 aliphatic carbocycles. The van der Waals surface area contributed by atoms with Crippen molar-refractivity contribution in [2.75, 3.05) is 6.61 Å². The van der Waals surface area contributed by atoms with Crippen molar-refractivity contribution in [3.05, 3.63) is 29.8 Å². The summed E-state index contributed by atoms with van der Waals surface area (Å²) in [6, 6.07) is 7.07. The smallest absolute Gasteiger partial charge is 0.246 e. The van der Waals surface area contributed by atoms with E-state index < -0.39 is 12.0 Å². The van der Waals surface area contributed by atoms with E-state index in [0.717, 1.165) is 12.0 Å². The van der Waals surface area contributed by atoms with Crippen molar-refractivity contribution < 1.29 is 14.6 Å². The summed E-state index contributed by atoms with van der Waals surface area (Å²) < 4.78 is 5.29. The maximum Gasteiger partial charge on any atom is 0.246 e. The Morgan fingerprint density at radius 1 is 1.38 bits per heavy atom. The Morgan fingerprint density at radius 3 is 2.69 bits per heavy atom. The first-order chi connectivity index (χ1) is 7.66. The second-order valence-corrected chi connectivity index (χ2v) is 4.07. The summed E-state index contributed by atoms with van der Waals surface area (Å²) in [5.74, 6) is 0.137. The molecule has 86 valence electrons. The molecule has 0 unspecified atom stereocenters. The second kappa shape index (κ2) is 4.53. The lowest BCUT2D eigenvalue weighted by Gasteiger charge is -2.27. The highest BCUT2D eigenvalue weighted by atomic mass is 16.5. The van der Waals surface area contributed by atoms with Gasteiger partial charge < -0.3 is 15.6 Å². The molecule has 16 heavy (non-hydrogen) atoms. The van der Waals surface area contributed by atoms with Crippen LogP contribution in [0.25, 0.3) is 0 Å². The largest absolute Gasteiger partial charge is 0.508 e. The fourth-order valence-corrected chi connectivity index (χ4v) is 2.04. The number of ether oxygens (including phenoxy) is 1. The van der Waals surface area contributed by atoms with E-state index >= 15 is 0 Å². The zero-order chi connectivity index (χ0) is 11.5. The van der Waals surface area contributed by atoms with Crippen LogP contribution in [0.2, 0.25) is 0 Å². The van der Waals surface area contributed by atoms with Gasteiger partial charge in [-0.25, -0.2) is 0 Å². The summed E-state index contributed by atoms with van der Waals surface area (Å²) >= 11 is 0. The molecule has 1 aliphatic heterocycles. The number of benzene rings is 1. The van der Waals surface area contributed by atoms with E-state index in [9.17, 15) is 9.90 Å². The predicted octanol–water partition coefficient (Wildman–Crippen LogP) is 1.14. The van der Waals surface area contributed by atoms with Gasteiger partial charge in [0.05, 0.1) is 0 Å². The summed E-state index contributed by atoms with van der Waals surface area (Å²) in [6.45, 7) is 0.555. The molecule has 1 amide bonds. The van der Waals surface area contributed by atoms with E-state index in [-0.39, 0.29) is 11.7 Å². The highest BCUT2D eigenvalue weighted by molar-refractivity contribution is 5.79. The lowest BCUT2D eigenvalue weighted by Crippen LogP contribution is -2.36. The third kappa shape index (κ3) is 2.33. The highest BCUT2D eigenvalue weighted by Gasteiger charge is 2.27. The summed E-state index contributed by atoms with van der Waals surface area (Å²) in [7, 11) is 0. The van der Waals surface area contributed by atoms with Gasteiger partial charge in [-0.2, -0.15) is 0 Å². The zero-order valence-electron chi connectivity index (χ0n) is 8.93. The monoisotopic (exact) mass is 221 g/mol. The number of hydrogen-bond acceptors (Lipinski definition) is 3. The molecule has 1 aliphatic rings. The fraction of sp³-hybridized carbons (Fsp3) is 0.417. The van der Waals surface area contributed by atoms with E-state index in [1.54, 1.807) is 12.1 Å². The summed E-state index contributed by atoms with van der Waals surface area (Å²) in [5.41, 5.74) is 6.35. The van der Waals surface area contributed by atoms with Gasteiger partial charge >= 0.3 is 0 Å². The molecule has 2 atom stereocenters. The van der Waals surface area contributed by atoms with E-state index in [2.05, 4.69) is 0 Å². The first kappa shape index (κ1) is 11.0. The Labute approximate surface area is 94.0 Å². The van der Waals surface area contributed by atoms with Gasteiger partial charge in [-0.1, -0.05) is 12.1 Å². The minimum absolute atomic E-state index is 0.252. The Morgan fingerprint density at radius 2 is 2.06 bits per heavy atom. The average molecular weight is 221 g/mol. The van der Waals surface area contributed by atoms with E-state index in [1.165, 1.54) is 0 Å². The van der Waals surface area contributed by atoms with Crippen molar-refractivity contribution >= 4 is 5.91 Å². The normalized spacial score (nSPS) is 25.2. The van der Waals surface area contributed by atoms with Crippen molar-refractivity contribution in [3.8, 4) is 5.75 Å². The van der Waals surface area contributed by atoms with E-state index in [1.807, 2.05) is 12.1 Å². The molecule has 1 aromatic rings. The lowest BCUT2D eigenvalue weighted by atomic mass is 9.88. The topological polar surface area (TPSA) is 72.6 Å². The van der Waals surface area contributed by atoms with Crippen LogP contribution in [0.1, 0.15) is 24.3 Å². The molecular weight excluding hydrogens is 206 g/mol. The number of hydrogen-bond donors (Lipinski definition) is 2. The molecule has 0 saturated carbocycles. The van der Waals surface area contributed by atoms with Gasteiger partial charge in [0, 0.05) is 6.61 Å². The molecule has 3 N–H and O–H groups in total. The first-order valence-electron chi connectivity index (χ1n) is 5.36. The van der Waals surface area contributed by atoms with Gasteiger partial charge in [0.25, 0.3) is 0 Å². The summed E-state index contributed by atoms with van der Waals surface area (Å²) in [5, 5.41) is 9.20. The van der Waals surface area contributed by atoms with Crippen LogP contribution in [0.3, 0.4) is 0 Å². The number of carbonyl (C=O) groups excluding carboxylic acids is 1. The average Bonchev–Trinajstić information content (AvgIpc) is 2.30. The van der Waals surface area contributed by atoms with Crippen LogP contribution >= 0.6 is 0 Å². The van der Waals surface area contributed by atoms with Gasteiger partial charge in [0.1, 0.15) is 11.9 Å². The third-order valence-electron chi connectivity index (χ3n) is 2.97. The number of amides is 1. The highest BCUT2D eigenvalue weighted by Crippen LogP contribution is 2.30. The Bertz CT molecular complexity index is 374. The molecule has 1 fully saturated rings. The van der Waals surface area contributed by atoms with Crippen LogP contribution in [-0.2, 0) is 9.53 Å². The van der Waals surface area contributed by atoms with Crippen LogP contribution in [0.15, 0.2) is 24.3 Å². The second-order valence-electron chi connectivity index (χ2n) is 4.07. The minimum atomic E-state index is -0.479. The number of phenols is 1. The molecular formula is C12H15NO3. The van der Waals surface area contributed by atoms with E-state index in [4.69, 9.17) is 10.5 Å². The number of rotatable bonds is 2. The van der Waals surface area contributed by atoms with Gasteiger partial charge in [-0.3, -0.25) is 4.79 Å². The number of nitrogens with two attached hydrogens (primary N) is 1. The van der Waals surface area contributed by atoms with Gasteiger partial charge in [0.15, 0.2) is 0 Å². The van der Waals surface area contributed by atoms with Crippen molar-refractivity contribution in [1.82, 2.24) is 0 Å². The maximum absolute atomic E-state index is 11.0. The van der Waals surface area contributed by atoms with Crippen molar-refractivity contribution in [2.45, 2.75) is 24.9 Å². The molecule has 4 heteroatoms. The summed E-state index contributed by atoms with van der Waals surface area (Å²) in [4.78, 5) is 11.0. The third-order valence-corrected chi connectivity index (χ3v) is 2.97. The predicted molar refractivity (Wildman–Crippen MR) is 59.0 cm³/mol. The van der Waals surface area contributed by atoms with Gasteiger partial charge in [-0.15, -0.1) is 0 Å². The molecule has 4 nitrogen and oxygen atoms in total. The molecule has 2 rings (SSSR count). The number of primary amides is 1.